The molecule has 0 radical (unpaired) electrons. The number of carbonyl (C=O) groups is 4. The summed E-state index contributed by atoms with van der Waals surface area (Å²) in [6.45, 7) is 8.51. The number of hydrogen-bond acceptors (Lipinski definition) is 9. The van der Waals surface area contributed by atoms with Crippen LogP contribution in [0.15, 0.2) is 97.1 Å². The summed E-state index contributed by atoms with van der Waals surface area (Å²) in [5, 5.41) is 14.9. The Hall–Kier alpha value is -8.02. The van der Waals surface area contributed by atoms with E-state index in [9.17, 15) is 24.3 Å². The molecule has 2 saturated heterocycles. The molecule has 6 heterocycles. The van der Waals surface area contributed by atoms with E-state index >= 15 is 8.78 Å². The summed E-state index contributed by atoms with van der Waals surface area (Å²) in [5.41, 5.74) is 8.36. The van der Waals surface area contributed by atoms with Crippen molar-refractivity contribution in [2.24, 2.45) is 11.8 Å². The number of alkyl carbamates (subject to hydrolysis) is 1. The molecule has 2 aromatic heterocycles. The van der Waals surface area contributed by atoms with Crippen LogP contribution < -0.4 is 30.2 Å². The minimum atomic E-state index is -1.28. The molecule has 0 aliphatic carbocycles. The van der Waals surface area contributed by atoms with Gasteiger partial charge in [0.1, 0.15) is 29.4 Å². The van der Waals surface area contributed by atoms with Gasteiger partial charge >= 0.3 is 12.2 Å². The van der Waals surface area contributed by atoms with Crippen LogP contribution in [0.4, 0.5) is 41.1 Å². The van der Waals surface area contributed by atoms with Gasteiger partial charge in [-0.3, -0.25) is 19.4 Å². The fourth-order valence-electron chi connectivity index (χ4n) is 12.2. The number of piperidine rings is 1. The molecular formula is C58H62F2N10O6. The largest absolute Gasteiger partial charge is 0.465 e. The molecule has 16 nitrogen and oxygen atoms in total. The summed E-state index contributed by atoms with van der Waals surface area (Å²) in [6, 6.07) is 26.6. The Kier molecular flexibility index (Phi) is 13.4. The lowest BCUT2D eigenvalue weighted by Crippen LogP contribution is -2.51. The Bertz CT molecular complexity index is 3370. The average Bonchev–Trinajstić information content (AvgIpc) is 4.27. The van der Waals surface area contributed by atoms with E-state index in [1.165, 1.54) is 19.2 Å². The first-order valence-electron chi connectivity index (χ1n) is 26.3. The number of hydrogen-bond donors (Lipinski definition) is 5. The number of aromatic nitrogens is 4. The number of H-pyrrole nitrogens is 2. The van der Waals surface area contributed by atoms with Crippen LogP contribution in [-0.2, 0) is 27.2 Å². The number of anilines is 4. The van der Waals surface area contributed by atoms with E-state index in [1.54, 1.807) is 23.6 Å². The van der Waals surface area contributed by atoms with Gasteiger partial charge in [-0.2, -0.15) is 0 Å². The highest BCUT2D eigenvalue weighted by atomic mass is 19.1. The number of nitrogens with zero attached hydrogens (tertiary/aromatic N) is 6. The van der Waals surface area contributed by atoms with Crippen molar-refractivity contribution in [3.63, 3.8) is 0 Å². The number of para-hydroxylation sites is 2. The van der Waals surface area contributed by atoms with E-state index in [1.807, 2.05) is 104 Å². The topological polar surface area (TPSA) is 192 Å². The van der Waals surface area contributed by atoms with Crippen molar-refractivity contribution >= 4 is 68.8 Å². The third-order valence-corrected chi connectivity index (χ3v) is 15.8. The number of fused-ring (bicyclic) bond motifs is 4. The third-order valence-electron chi connectivity index (χ3n) is 15.8. The van der Waals surface area contributed by atoms with Gasteiger partial charge in [-0.15, -0.1) is 0 Å². The summed E-state index contributed by atoms with van der Waals surface area (Å²) in [7, 11) is 1.27. The first-order chi connectivity index (χ1) is 36.7. The number of nitrogens with one attached hydrogen (secondary N) is 4. The van der Waals surface area contributed by atoms with Crippen molar-refractivity contribution in [1.29, 1.82) is 0 Å². The maximum Gasteiger partial charge on any atom is 0.407 e. The number of aromatic amines is 2. The van der Waals surface area contributed by atoms with Crippen molar-refractivity contribution in [2.45, 2.75) is 109 Å². The Morgan fingerprint density at radius 3 is 1.58 bits per heavy atom. The molecule has 0 spiro atoms. The Morgan fingerprint density at radius 1 is 0.645 bits per heavy atom. The molecule has 4 aliphatic heterocycles. The number of imidazole rings is 2. The van der Waals surface area contributed by atoms with Crippen LogP contribution in [0, 0.1) is 23.5 Å². The molecular weight excluding hydrogens is 971 g/mol. The van der Waals surface area contributed by atoms with Crippen LogP contribution in [0.25, 0.3) is 22.1 Å². The monoisotopic (exact) mass is 1030 g/mol. The van der Waals surface area contributed by atoms with E-state index in [2.05, 4.69) is 25.5 Å². The summed E-state index contributed by atoms with van der Waals surface area (Å²) >= 11 is 0. The van der Waals surface area contributed by atoms with Gasteiger partial charge in [0.25, 0.3) is 11.8 Å². The van der Waals surface area contributed by atoms with E-state index in [4.69, 9.17) is 14.7 Å². The zero-order valence-corrected chi connectivity index (χ0v) is 43.1. The van der Waals surface area contributed by atoms with Gasteiger partial charge in [0.2, 0.25) is 0 Å². The molecule has 0 bridgehead atoms. The first kappa shape index (κ1) is 50.2. The molecule has 11 rings (SSSR count). The Morgan fingerprint density at radius 2 is 1.12 bits per heavy atom. The average molecular weight is 1030 g/mol. The van der Waals surface area contributed by atoms with Gasteiger partial charge in [-0.1, -0.05) is 76.2 Å². The van der Waals surface area contributed by atoms with Crippen molar-refractivity contribution in [2.75, 3.05) is 39.8 Å². The molecule has 76 heavy (non-hydrogen) atoms. The lowest BCUT2D eigenvalue weighted by molar-refractivity contribution is -0.122. The van der Waals surface area contributed by atoms with E-state index < -0.39 is 48.0 Å². The molecule has 5 aromatic carbocycles. The Labute approximate surface area is 438 Å². The van der Waals surface area contributed by atoms with Crippen molar-refractivity contribution in [3.8, 4) is 0 Å². The van der Waals surface area contributed by atoms with Gasteiger partial charge < -0.3 is 40.2 Å². The van der Waals surface area contributed by atoms with Gasteiger partial charge in [-0.25, -0.2) is 28.3 Å². The van der Waals surface area contributed by atoms with Gasteiger partial charge in [0.05, 0.1) is 53.3 Å². The van der Waals surface area contributed by atoms with Crippen molar-refractivity contribution in [1.82, 2.24) is 30.6 Å². The highest BCUT2D eigenvalue weighted by molar-refractivity contribution is 6.02. The van der Waals surface area contributed by atoms with Crippen LogP contribution >= 0.6 is 0 Å². The van der Waals surface area contributed by atoms with E-state index in [0.29, 0.717) is 72.8 Å². The number of methoxy groups -OCH3 is 1. The minimum Gasteiger partial charge on any atom is -0.465 e. The molecule has 394 valence electrons. The molecule has 18 heteroatoms. The fraction of sp³-hybridized carbons (Fsp3) is 0.379. The predicted octanol–water partition coefficient (Wildman–Crippen LogP) is 10.7. The van der Waals surface area contributed by atoms with Crippen LogP contribution in [0.3, 0.4) is 0 Å². The molecule has 4 aliphatic rings. The molecule has 4 amide bonds. The number of amides is 4. The van der Waals surface area contributed by atoms with Crippen molar-refractivity contribution in [3.05, 3.63) is 143 Å². The van der Waals surface area contributed by atoms with Crippen LogP contribution in [0.1, 0.15) is 118 Å². The van der Waals surface area contributed by atoms with Gasteiger partial charge in [0, 0.05) is 43.0 Å². The zero-order valence-electron chi connectivity index (χ0n) is 43.1. The standard InChI is InChI=1S/C58H62F2N10O6/c1-31(2)50(65-57(73)74)55(71)69-44-15-9-7-13-33(44)27-48(69)53-61-40-19-17-35(25-42(40)63-53)46-21-22-47(68(46)37-29-38(59)52(39(60)30-37)67-23-11-6-12-24-67)36-18-20-41-43(26-36)64-54(62-41)49-28-34-14-8-10-16-45(34)70(49)56(72)51(32(3)4)66-58(75)76-5/h7-10,13-20,25-26,29-32,46-51,65H,6,11-12,21-24,27-28H2,1-5H3,(H,61,63)(H,62,64)(H,66,75)(H,73,74)/t46-,47-,48+,49+,50-,51-/m1/s1. The fourth-order valence-corrected chi connectivity index (χ4v) is 12.2. The summed E-state index contributed by atoms with van der Waals surface area (Å²) in [6.07, 6.45) is 3.01. The maximum absolute atomic E-state index is 16.6. The molecule has 7 aromatic rings. The maximum atomic E-state index is 16.6. The van der Waals surface area contributed by atoms with E-state index in [-0.39, 0.29) is 41.4 Å². The zero-order chi connectivity index (χ0) is 53.1. The van der Waals surface area contributed by atoms with Crippen LogP contribution in [-0.4, -0.2) is 81.3 Å². The second kappa shape index (κ2) is 20.3. The molecule has 2 fully saturated rings. The molecule has 0 saturated carbocycles. The minimum absolute atomic E-state index is 0.00371. The lowest BCUT2D eigenvalue weighted by Gasteiger charge is -2.35. The number of benzene rings is 5. The number of ether oxygens (including phenoxy) is 1. The molecule has 6 atom stereocenters. The number of halogens is 2. The SMILES string of the molecule is COC(=O)N[C@@H](C(=O)N1c2ccccc2C[C@H]1c1nc2ccc([C@H]3CC[C@H](c4ccc5nc([C@@H]6Cc7ccccc7N6C(=O)[C@H](NC(=O)O)C(C)C)[nH]c5c4)N3c3cc(F)c(N4CCCCC4)c(F)c3)cc2[nH]1)C(C)C. The lowest BCUT2D eigenvalue weighted by atomic mass is 10.0. The highest BCUT2D eigenvalue weighted by Crippen LogP contribution is 2.50. The van der Waals surface area contributed by atoms with E-state index in [0.717, 1.165) is 58.2 Å². The molecule has 0 unspecified atom stereocenters. The quantitative estimate of drug-likeness (QED) is 0.0787. The summed E-state index contributed by atoms with van der Waals surface area (Å²) in [5.74, 6) is -1.33. The second-order valence-electron chi connectivity index (χ2n) is 21.3. The third kappa shape index (κ3) is 9.10. The predicted molar refractivity (Wildman–Crippen MR) is 287 cm³/mol. The first-order valence-corrected chi connectivity index (χ1v) is 26.3. The number of rotatable bonds is 12. The smallest absolute Gasteiger partial charge is 0.407 e. The number of carboxylic acid groups (broad SMARTS) is 1. The second-order valence-corrected chi connectivity index (χ2v) is 21.3. The summed E-state index contributed by atoms with van der Waals surface area (Å²) < 4.78 is 38.0. The molecule has 5 N–H and O–H groups in total. The van der Waals surface area contributed by atoms with Crippen LogP contribution in [0.2, 0.25) is 0 Å². The van der Waals surface area contributed by atoms with Gasteiger partial charge in [0.15, 0.2) is 11.6 Å². The Balaban J connectivity index is 0.947. The summed E-state index contributed by atoms with van der Waals surface area (Å²) in [4.78, 5) is 77.6. The highest BCUT2D eigenvalue weighted by Gasteiger charge is 2.43. The van der Waals surface area contributed by atoms with Crippen molar-refractivity contribution < 1.29 is 37.8 Å². The number of carbonyl (C=O) groups excluding carboxylic acids is 3. The van der Waals surface area contributed by atoms with Crippen LogP contribution in [0.5, 0.6) is 0 Å². The normalized spacial score (nSPS) is 20.1. The van der Waals surface area contributed by atoms with Gasteiger partial charge in [-0.05, 0) is 115 Å².